The van der Waals surface area contributed by atoms with E-state index in [0.717, 1.165) is 31.6 Å². The van der Waals surface area contributed by atoms with Crippen LogP contribution in [0, 0.1) is 6.92 Å². The summed E-state index contributed by atoms with van der Waals surface area (Å²) in [7, 11) is 2.18. The van der Waals surface area contributed by atoms with E-state index in [-0.39, 0.29) is 23.2 Å². The number of hydrogen-bond acceptors (Lipinski definition) is 7. The van der Waals surface area contributed by atoms with Gasteiger partial charge in [-0.1, -0.05) is 6.07 Å². The first-order valence-corrected chi connectivity index (χ1v) is 13.5. The molecule has 1 aliphatic heterocycles. The normalized spacial score (nSPS) is 17.0. The number of benzene rings is 1. The molecule has 0 unspecified atom stereocenters. The maximum Gasteiger partial charge on any atom is 0.278 e. The molecule has 10 heteroatoms. The quantitative estimate of drug-likeness (QED) is 0.416. The maximum atomic E-state index is 13.4. The van der Waals surface area contributed by atoms with E-state index in [4.69, 9.17) is 4.98 Å². The monoisotopic (exact) mass is 514 g/mol. The van der Waals surface area contributed by atoms with Crippen LogP contribution < -0.4 is 16.4 Å². The molecule has 2 fully saturated rings. The molecule has 1 N–H and O–H groups in total. The SMILES string of the molecule is Cc1cc(Nc2ncc3c(=O)n(C4CC4)n(-c4ccc(=O)n(C(C)C)n4)c3n2)ccc1C1CCN(C)CC1. The lowest BCUT2D eigenvalue weighted by Crippen LogP contribution is -2.29. The molecule has 2 aliphatic rings. The number of anilines is 2. The van der Waals surface area contributed by atoms with Crippen LogP contribution in [-0.4, -0.2) is 54.1 Å². The average molecular weight is 515 g/mol. The Morgan fingerprint density at radius 2 is 1.79 bits per heavy atom. The van der Waals surface area contributed by atoms with Crippen LogP contribution in [-0.2, 0) is 0 Å². The molecule has 0 atom stereocenters. The lowest BCUT2D eigenvalue weighted by molar-refractivity contribution is 0.255. The van der Waals surface area contributed by atoms with Crippen molar-refractivity contribution < 1.29 is 0 Å². The van der Waals surface area contributed by atoms with Gasteiger partial charge in [0.2, 0.25) is 5.95 Å². The van der Waals surface area contributed by atoms with Crippen molar-refractivity contribution in [2.24, 2.45) is 0 Å². The van der Waals surface area contributed by atoms with Crippen LogP contribution in [0.4, 0.5) is 11.6 Å². The van der Waals surface area contributed by atoms with Gasteiger partial charge in [0.25, 0.3) is 11.1 Å². The fourth-order valence-electron chi connectivity index (χ4n) is 5.49. The fraction of sp³-hybridized carbons (Fsp3) is 0.464. The molecule has 4 heterocycles. The molecule has 3 aromatic heterocycles. The van der Waals surface area contributed by atoms with Crippen molar-refractivity contribution in [3.8, 4) is 5.82 Å². The van der Waals surface area contributed by atoms with Gasteiger partial charge < -0.3 is 10.2 Å². The van der Waals surface area contributed by atoms with E-state index in [1.165, 1.54) is 34.7 Å². The van der Waals surface area contributed by atoms with Gasteiger partial charge in [0, 0.05) is 18.0 Å². The third-order valence-corrected chi connectivity index (χ3v) is 7.72. The molecule has 0 bridgehead atoms. The molecule has 4 aromatic rings. The number of hydrogen-bond donors (Lipinski definition) is 1. The highest BCUT2D eigenvalue weighted by Gasteiger charge is 2.31. The largest absolute Gasteiger partial charge is 0.324 e. The molecule has 1 saturated carbocycles. The van der Waals surface area contributed by atoms with E-state index >= 15 is 0 Å². The summed E-state index contributed by atoms with van der Waals surface area (Å²) >= 11 is 0. The van der Waals surface area contributed by atoms with Gasteiger partial charge in [-0.25, -0.2) is 19.0 Å². The number of aryl methyl sites for hydroxylation is 1. The van der Waals surface area contributed by atoms with Crippen LogP contribution in [0.3, 0.4) is 0 Å². The highest BCUT2D eigenvalue weighted by molar-refractivity contribution is 5.77. The van der Waals surface area contributed by atoms with E-state index in [0.29, 0.717) is 28.7 Å². The summed E-state index contributed by atoms with van der Waals surface area (Å²) in [5, 5.41) is 8.35. The molecule has 0 radical (unpaired) electrons. The number of piperidine rings is 1. The number of aromatic nitrogens is 6. The Morgan fingerprint density at radius 3 is 2.47 bits per heavy atom. The second kappa shape index (κ2) is 9.50. The first-order chi connectivity index (χ1) is 18.3. The molecule has 38 heavy (non-hydrogen) atoms. The molecule has 198 valence electrons. The summed E-state index contributed by atoms with van der Waals surface area (Å²) in [6, 6.07) is 9.55. The topological polar surface area (TPSA) is 103 Å². The summed E-state index contributed by atoms with van der Waals surface area (Å²) in [5.41, 5.74) is 3.71. The fourth-order valence-corrected chi connectivity index (χ4v) is 5.49. The van der Waals surface area contributed by atoms with Crippen molar-refractivity contribution in [3.05, 3.63) is 68.4 Å². The summed E-state index contributed by atoms with van der Waals surface area (Å²) in [6.07, 6.45) is 5.78. The van der Waals surface area contributed by atoms with Crippen molar-refractivity contribution in [1.82, 2.24) is 34.0 Å². The van der Waals surface area contributed by atoms with Gasteiger partial charge in [-0.3, -0.25) is 9.59 Å². The first-order valence-electron chi connectivity index (χ1n) is 13.5. The number of likely N-dealkylation sites (tertiary alicyclic amines) is 1. The van der Waals surface area contributed by atoms with Gasteiger partial charge in [0.15, 0.2) is 11.5 Å². The molecule has 1 saturated heterocycles. The first kappa shape index (κ1) is 24.5. The second-order valence-electron chi connectivity index (χ2n) is 11.0. The van der Waals surface area contributed by atoms with E-state index in [1.54, 1.807) is 21.6 Å². The van der Waals surface area contributed by atoms with Crippen molar-refractivity contribution in [3.63, 3.8) is 0 Å². The van der Waals surface area contributed by atoms with E-state index in [2.05, 4.69) is 52.5 Å². The standard InChI is InChI=1S/C28H34N8O2/c1-17(2)34-25(37)10-9-24(32-34)36-26-23(27(38)35(36)21-6-7-21)16-29-28(31-26)30-20-5-8-22(18(3)15-20)19-11-13-33(4)14-12-19/h5,8-10,15-17,19,21H,6-7,11-14H2,1-4H3,(H,29,30,31). The molecule has 1 aliphatic carbocycles. The van der Waals surface area contributed by atoms with Crippen LogP contribution in [0.5, 0.6) is 0 Å². The zero-order valence-electron chi connectivity index (χ0n) is 22.4. The van der Waals surface area contributed by atoms with Crippen LogP contribution in [0.15, 0.2) is 46.1 Å². The Hall–Kier alpha value is -3.79. The van der Waals surface area contributed by atoms with Crippen molar-refractivity contribution in [2.45, 2.75) is 64.5 Å². The highest BCUT2D eigenvalue weighted by atomic mass is 16.1. The Labute approximate surface area is 220 Å². The molecular weight excluding hydrogens is 480 g/mol. The van der Waals surface area contributed by atoms with Gasteiger partial charge in [-0.05, 0) is 102 Å². The molecule has 1 aromatic carbocycles. The summed E-state index contributed by atoms with van der Waals surface area (Å²) in [6.45, 7) is 8.23. The lowest BCUT2D eigenvalue weighted by atomic mass is 9.87. The zero-order chi connectivity index (χ0) is 26.6. The molecule has 6 rings (SSSR count). The van der Waals surface area contributed by atoms with Crippen LogP contribution in [0.2, 0.25) is 0 Å². The number of nitrogens with zero attached hydrogens (tertiary/aromatic N) is 7. The Kier molecular flexibility index (Phi) is 6.14. The molecule has 0 spiro atoms. The predicted molar refractivity (Wildman–Crippen MR) is 148 cm³/mol. The van der Waals surface area contributed by atoms with E-state index in [1.807, 2.05) is 13.8 Å². The number of rotatable bonds is 6. The van der Waals surface area contributed by atoms with Crippen LogP contribution >= 0.6 is 0 Å². The third-order valence-electron chi connectivity index (χ3n) is 7.72. The zero-order valence-corrected chi connectivity index (χ0v) is 22.4. The molecule has 10 nitrogen and oxygen atoms in total. The maximum absolute atomic E-state index is 13.4. The van der Waals surface area contributed by atoms with E-state index < -0.39 is 0 Å². The Morgan fingerprint density at radius 1 is 1.03 bits per heavy atom. The molecular formula is C28H34N8O2. The van der Waals surface area contributed by atoms with Crippen molar-refractivity contribution in [1.29, 1.82) is 0 Å². The predicted octanol–water partition coefficient (Wildman–Crippen LogP) is 3.92. The van der Waals surface area contributed by atoms with Crippen molar-refractivity contribution in [2.75, 3.05) is 25.5 Å². The number of nitrogens with one attached hydrogen (secondary N) is 1. The van der Waals surface area contributed by atoms with Crippen LogP contribution in [0.1, 0.15) is 68.7 Å². The second-order valence-corrected chi connectivity index (χ2v) is 11.0. The van der Waals surface area contributed by atoms with Gasteiger partial charge in [-0.2, -0.15) is 4.98 Å². The Balaban J connectivity index is 1.38. The highest BCUT2D eigenvalue weighted by Crippen LogP contribution is 2.35. The number of fused-ring (bicyclic) bond motifs is 1. The van der Waals surface area contributed by atoms with E-state index in [9.17, 15) is 9.59 Å². The summed E-state index contributed by atoms with van der Waals surface area (Å²) < 4.78 is 4.88. The minimum atomic E-state index is -0.184. The summed E-state index contributed by atoms with van der Waals surface area (Å²) in [4.78, 5) is 37.3. The third kappa shape index (κ3) is 4.42. The molecule has 0 amide bonds. The van der Waals surface area contributed by atoms with Gasteiger partial charge >= 0.3 is 0 Å². The average Bonchev–Trinajstić information content (AvgIpc) is 3.69. The van der Waals surface area contributed by atoms with Gasteiger partial charge in [-0.15, -0.1) is 5.10 Å². The minimum absolute atomic E-state index is 0.0871. The van der Waals surface area contributed by atoms with Gasteiger partial charge in [0.1, 0.15) is 5.39 Å². The van der Waals surface area contributed by atoms with Crippen molar-refractivity contribution >= 4 is 22.7 Å². The smallest absolute Gasteiger partial charge is 0.278 e. The Bertz CT molecular complexity index is 1620. The lowest BCUT2D eigenvalue weighted by Gasteiger charge is -2.30. The summed E-state index contributed by atoms with van der Waals surface area (Å²) in [5.74, 6) is 1.48. The minimum Gasteiger partial charge on any atom is -0.324 e. The van der Waals surface area contributed by atoms with Gasteiger partial charge in [0.05, 0.1) is 12.1 Å². The van der Waals surface area contributed by atoms with Crippen LogP contribution in [0.25, 0.3) is 16.9 Å².